The van der Waals surface area contributed by atoms with E-state index >= 15 is 0 Å². The maximum atomic E-state index is 10.7. The quantitative estimate of drug-likeness (QED) is 0.687. The van der Waals surface area contributed by atoms with E-state index in [-0.39, 0.29) is 5.69 Å². The molecule has 0 bridgehead atoms. The molecule has 0 saturated carbocycles. The van der Waals surface area contributed by atoms with Crippen molar-refractivity contribution >= 4 is 27.4 Å². The van der Waals surface area contributed by atoms with Crippen LogP contribution >= 0.6 is 15.9 Å². The van der Waals surface area contributed by atoms with E-state index in [1.165, 1.54) is 12.1 Å². The minimum absolute atomic E-state index is 0.0268. The number of aromatic nitrogens is 1. The summed E-state index contributed by atoms with van der Waals surface area (Å²) in [6, 6.07) is 7.72. The van der Waals surface area contributed by atoms with E-state index in [9.17, 15) is 10.1 Å². The molecule has 1 N–H and O–H groups in total. The number of nitro groups is 1. The molecule has 19 heavy (non-hydrogen) atoms. The fraction of sp³-hybridized carbons (Fsp3) is 0.0833. The molecule has 0 aliphatic heterocycles. The van der Waals surface area contributed by atoms with Crippen molar-refractivity contribution in [2.24, 2.45) is 0 Å². The van der Waals surface area contributed by atoms with E-state index in [0.29, 0.717) is 21.8 Å². The number of rotatable bonds is 4. The number of halogens is 1. The third-order valence-corrected chi connectivity index (χ3v) is 3.00. The van der Waals surface area contributed by atoms with E-state index in [1.807, 2.05) is 0 Å². The normalized spacial score (nSPS) is 10.0. The summed E-state index contributed by atoms with van der Waals surface area (Å²) in [5.41, 5.74) is -0.0268. The lowest BCUT2D eigenvalue weighted by Crippen LogP contribution is -1.94. The second-order valence-corrected chi connectivity index (χ2v) is 4.46. The van der Waals surface area contributed by atoms with Gasteiger partial charge in [0.05, 0.1) is 15.5 Å². The summed E-state index contributed by atoms with van der Waals surface area (Å²) in [6.07, 6.45) is 1.59. The Balaban J connectivity index is 2.31. The van der Waals surface area contributed by atoms with Crippen LogP contribution < -0.4 is 10.1 Å². The largest absolute Gasteiger partial charge is 0.456 e. The zero-order chi connectivity index (χ0) is 13.8. The number of ether oxygens (including phenoxy) is 1. The van der Waals surface area contributed by atoms with Crippen LogP contribution in [0, 0.1) is 10.1 Å². The molecule has 0 fully saturated rings. The first-order valence-corrected chi connectivity index (χ1v) is 6.15. The zero-order valence-electron chi connectivity index (χ0n) is 9.96. The van der Waals surface area contributed by atoms with Gasteiger partial charge in [-0.05, 0) is 28.1 Å². The molecule has 0 aliphatic carbocycles. The van der Waals surface area contributed by atoms with Crippen molar-refractivity contribution in [2.45, 2.75) is 0 Å². The van der Waals surface area contributed by atoms with Crippen LogP contribution in [-0.4, -0.2) is 17.0 Å². The summed E-state index contributed by atoms with van der Waals surface area (Å²) in [5.74, 6) is 1.57. The van der Waals surface area contributed by atoms with Crippen LogP contribution in [0.15, 0.2) is 41.0 Å². The second kappa shape index (κ2) is 5.66. The number of benzene rings is 1. The summed E-state index contributed by atoms with van der Waals surface area (Å²) in [4.78, 5) is 14.3. The number of hydrogen-bond donors (Lipinski definition) is 1. The highest BCUT2D eigenvalue weighted by Gasteiger charge is 2.11. The van der Waals surface area contributed by atoms with Crippen LogP contribution in [0.25, 0.3) is 0 Å². The van der Waals surface area contributed by atoms with Gasteiger partial charge in [0.15, 0.2) is 0 Å². The Morgan fingerprint density at radius 3 is 2.84 bits per heavy atom. The minimum Gasteiger partial charge on any atom is -0.456 e. The summed E-state index contributed by atoms with van der Waals surface area (Å²) in [5, 5.41) is 13.6. The number of non-ortho nitro benzene ring substituents is 1. The lowest BCUT2D eigenvalue weighted by atomic mass is 10.3. The molecule has 1 heterocycles. The van der Waals surface area contributed by atoms with E-state index in [0.717, 1.165) is 0 Å². The Bertz CT molecular complexity index is 619. The third-order valence-electron chi connectivity index (χ3n) is 2.34. The Kier molecular flexibility index (Phi) is 3.96. The van der Waals surface area contributed by atoms with E-state index in [4.69, 9.17) is 4.74 Å². The molecule has 6 nitrogen and oxygen atoms in total. The van der Waals surface area contributed by atoms with Gasteiger partial charge in [-0.15, -0.1) is 0 Å². The van der Waals surface area contributed by atoms with Gasteiger partial charge in [0.25, 0.3) is 5.69 Å². The van der Waals surface area contributed by atoms with Crippen LogP contribution in [0.2, 0.25) is 0 Å². The van der Waals surface area contributed by atoms with Crippen molar-refractivity contribution < 1.29 is 9.66 Å². The number of anilines is 1. The maximum absolute atomic E-state index is 10.7. The molecule has 1 aromatic carbocycles. The standard InChI is InChI=1S/C12H10BrN3O3/c1-14-12-7-9(4-5-15-12)19-11-6-8(16(17)18)2-3-10(11)13/h2-7H,1H3,(H,14,15). The molecular formula is C12H10BrN3O3. The molecule has 0 amide bonds. The summed E-state index contributed by atoms with van der Waals surface area (Å²) >= 11 is 3.29. The fourth-order valence-electron chi connectivity index (χ4n) is 1.42. The van der Waals surface area contributed by atoms with Crippen LogP contribution in [0.5, 0.6) is 11.5 Å². The molecule has 7 heteroatoms. The Morgan fingerprint density at radius 2 is 2.16 bits per heavy atom. The Hall–Kier alpha value is -2.15. The number of nitro benzene ring substituents is 1. The van der Waals surface area contributed by atoms with Crippen molar-refractivity contribution in [3.05, 3.63) is 51.1 Å². The van der Waals surface area contributed by atoms with Crippen LogP contribution in [0.4, 0.5) is 11.5 Å². The fourth-order valence-corrected chi connectivity index (χ4v) is 1.75. The zero-order valence-corrected chi connectivity index (χ0v) is 11.5. The van der Waals surface area contributed by atoms with Gasteiger partial charge in [0.2, 0.25) is 0 Å². The predicted octanol–water partition coefficient (Wildman–Crippen LogP) is 3.59. The molecule has 0 unspecified atom stereocenters. The van der Waals surface area contributed by atoms with E-state index < -0.39 is 4.92 Å². The highest BCUT2D eigenvalue weighted by atomic mass is 79.9. The van der Waals surface area contributed by atoms with Crippen LogP contribution in [0.1, 0.15) is 0 Å². The average molecular weight is 324 g/mol. The second-order valence-electron chi connectivity index (χ2n) is 3.60. The van der Waals surface area contributed by atoms with Gasteiger partial charge < -0.3 is 10.1 Å². The number of nitrogens with zero attached hydrogens (tertiary/aromatic N) is 2. The lowest BCUT2D eigenvalue weighted by molar-refractivity contribution is -0.384. The van der Waals surface area contributed by atoms with Gasteiger partial charge in [-0.25, -0.2) is 4.98 Å². The van der Waals surface area contributed by atoms with E-state index in [1.54, 1.807) is 31.4 Å². The van der Waals surface area contributed by atoms with Crippen LogP contribution in [0.3, 0.4) is 0 Å². The monoisotopic (exact) mass is 323 g/mol. The molecule has 2 aromatic rings. The Morgan fingerprint density at radius 1 is 1.37 bits per heavy atom. The van der Waals surface area contributed by atoms with Crippen molar-refractivity contribution in [3.8, 4) is 11.5 Å². The molecule has 98 valence electrons. The van der Waals surface area contributed by atoms with Crippen molar-refractivity contribution in [3.63, 3.8) is 0 Å². The SMILES string of the molecule is CNc1cc(Oc2cc([N+](=O)[O-])ccc2Br)ccn1. The molecule has 0 spiro atoms. The van der Waals surface area contributed by atoms with Gasteiger partial charge in [0, 0.05) is 25.4 Å². The average Bonchev–Trinajstić information content (AvgIpc) is 2.41. The van der Waals surface area contributed by atoms with E-state index in [2.05, 4.69) is 26.2 Å². The van der Waals surface area contributed by atoms with Gasteiger partial charge in [-0.2, -0.15) is 0 Å². The molecule has 0 atom stereocenters. The maximum Gasteiger partial charge on any atom is 0.273 e. The van der Waals surface area contributed by atoms with Gasteiger partial charge in [-0.1, -0.05) is 0 Å². The molecule has 0 saturated heterocycles. The summed E-state index contributed by atoms with van der Waals surface area (Å²) in [6.45, 7) is 0. The van der Waals surface area contributed by atoms with Crippen molar-refractivity contribution in [1.29, 1.82) is 0 Å². The number of pyridine rings is 1. The molecule has 2 rings (SSSR count). The summed E-state index contributed by atoms with van der Waals surface area (Å²) in [7, 11) is 1.75. The van der Waals surface area contributed by atoms with Crippen molar-refractivity contribution in [1.82, 2.24) is 4.98 Å². The first kappa shape index (κ1) is 13.3. The highest BCUT2D eigenvalue weighted by molar-refractivity contribution is 9.10. The molecule has 0 radical (unpaired) electrons. The number of nitrogens with one attached hydrogen (secondary N) is 1. The predicted molar refractivity (Wildman–Crippen MR) is 74.7 cm³/mol. The number of hydrogen-bond acceptors (Lipinski definition) is 5. The third kappa shape index (κ3) is 3.19. The van der Waals surface area contributed by atoms with Gasteiger partial charge in [-0.3, -0.25) is 10.1 Å². The van der Waals surface area contributed by atoms with Crippen LogP contribution in [-0.2, 0) is 0 Å². The minimum atomic E-state index is -0.467. The highest BCUT2D eigenvalue weighted by Crippen LogP contribution is 2.33. The molecule has 0 aliphatic rings. The first-order chi connectivity index (χ1) is 9.10. The Labute approximate surface area is 117 Å². The molecular weight excluding hydrogens is 314 g/mol. The lowest BCUT2D eigenvalue weighted by Gasteiger charge is -2.08. The molecule has 1 aromatic heterocycles. The van der Waals surface area contributed by atoms with Gasteiger partial charge >= 0.3 is 0 Å². The van der Waals surface area contributed by atoms with Gasteiger partial charge in [0.1, 0.15) is 17.3 Å². The first-order valence-electron chi connectivity index (χ1n) is 5.36. The topological polar surface area (TPSA) is 77.3 Å². The smallest absolute Gasteiger partial charge is 0.273 e. The summed E-state index contributed by atoms with van der Waals surface area (Å²) < 4.78 is 6.25. The van der Waals surface area contributed by atoms with Crippen molar-refractivity contribution in [2.75, 3.05) is 12.4 Å².